The van der Waals surface area contributed by atoms with Crippen molar-refractivity contribution in [1.82, 2.24) is 9.78 Å². The highest BCUT2D eigenvalue weighted by Gasteiger charge is 2.36. The Hall–Kier alpha value is -0.870. The van der Waals surface area contributed by atoms with Crippen LogP contribution in [0.1, 0.15) is 58.2 Å². The van der Waals surface area contributed by atoms with E-state index in [0.29, 0.717) is 12.5 Å². The van der Waals surface area contributed by atoms with E-state index in [4.69, 9.17) is 4.74 Å². The Morgan fingerprint density at radius 2 is 2.32 bits per heavy atom. The van der Waals surface area contributed by atoms with Crippen molar-refractivity contribution in [3.63, 3.8) is 0 Å². The van der Waals surface area contributed by atoms with Gasteiger partial charge in [-0.05, 0) is 45.6 Å². The molecule has 1 saturated heterocycles. The molecule has 4 heteroatoms. The number of nitrogens with zero attached hydrogens (tertiary/aromatic N) is 2. The molecule has 0 bridgehead atoms. The summed E-state index contributed by atoms with van der Waals surface area (Å²) in [6.45, 7) is 7.08. The van der Waals surface area contributed by atoms with Crippen LogP contribution in [0.2, 0.25) is 0 Å². The lowest BCUT2D eigenvalue weighted by Crippen LogP contribution is -2.45. The molecule has 0 spiro atoms. The van der Waals surface area contributed by atoms with Crippen molar-refractivity contribution < 1.29 is 9.84 Å². The second kappa shape index (κ2) is 6.06. The summed E-state index contributed by atoms with van der Waals surface area (Å²) < 4.78 is 7.77. The van der Waals surface area contributed by atoms with E-state index in [1.807, 2.05) is 23.9 Å². The van der Waals surface area contributed by atoms with Crippen LogP contribution in [-0.4, -0.2) is 33.2 Å². The largest absolute Gasteiger partial charge is 0.390 e. The third kappa shape index (κ3) is 3.37. The van der Waals surface area contributed by atoms with Crippen molar-refractivity contribution in [1.29, 1.82) is 0 Å². The first-order valence-electron chi connectivity index (χ1n) is 7.41. The second-order valence-electron chi connectivity index (χ2n) is 5.88. The van der Waals surface area contributed by atoms with Crippen LogP contribution in [0.25, 0.3) is 0 Å². The molecule has 1 fully saturated rings. The molecule has 0 amide bonds. The number of aliphatic hydroxyl groups excluding tert-OH is 1. The molecule has 3 atom stereocenters. The molecular formula is C15H26N2O2. The van der Waals surface area contributed by atoms with Crippen LogP contribution in [0.3, 0.4) is 0 Å². The number of ether oxygens (including phenoxy) is 1. The molecule has 3 unspecified atom stereocenters. The van der Waals surface area contributed by atoms with Gasteiger partial charge in [-0.2, -0.15) is 5.10 Å². The van der Waals surface area contributed by atoms with Crippen molar-refractivity contribution in [2.45, 2.75) is 70.6 Å². The molecular weight excluding hydrogens is 240 g/mol. The van der Waals surface area contributed by atoms with Crippen molar-refractivity contribution in [2.75, 3.05) is 6.61 Å². The van der Waals surface area contributed by atoms with E-state index in [-0.39, 0.29) is 0 Å². The Kier molecular flexibility index (Phi) is 4.63. The van der Waals surface area contributed by atoms with E-state index in [0.717, 1.165) is 38.0 Å². The third-order valence-corrected chi connectivity index (χ3v) is 4.31. The minimum atomic E-state index is -0.479. The van der Waals surface area contributed by atoms with E-state index in [1.54, 1.807) is 0 Å². The maximum atomic E-state index is 10.4. The quantitative estimate of drug-likeness (QED) is 0.891. The lowest BCUT2D eigenvalue weighted by atomic mass is 9.88. The summed E-state index contributed by atoms with van der Waals surface area (Å²) in [5.41, 5.74) is 0.543. The molecule has 0 radical (unpaired) electrons. The van der Waals surface area contributed by atoms with Gasteiger partial charge >= 0.3 is 0 Å². The van der Waals surface area contributed by atoms with Gasteiger partial charge < -0.3 is 9.84 Å². The number of hydrogen-bond donors (Lipinski definition) is 1. The van der Waals surface area contributed by atoms with Gasteiger partial charge in [0.15, 0.2) is 0 Å². The third-order valence-electron chi connectivity index (χ3n) is 4.31. The summed E-state index contributed by atoms with van der Waals surface area (Å²) in [6, 6.07) is 2.41. The van der Waals surface area contributed by atoms with Gasteiger partial charge in [0, 0.05) is 25.3 Å². The van der Waals surface area contributed by atoms with E-state index in [2.05, 4.69) is 18.9 Å². The molecule has 0 aliphatic carbocycles. The molecule has 4 nitrogen and oxygen atoms in total. The first kappa shape index (κ1) is 14.5. The van der Waals surface area contributed by atoms with E-state index < -0.39 is 11.7 Å². The van der Waals surface area contributed by atoms with Crippen molar-refractivity contribution >= 4 is 0 Å². The molecule has 1 aromatic heterocycles. The fourth-order valence-electron chi connectivity index (χ4n) is 2.55. The highest BCUT2D eigenvalue weighted by Crippen LogP contribution is 2.29. The topological polar surface area (TPSA) is 47.3 Å². The molecule has 2 heterocycles. The van der Waals surface area contributed by atoms with Gasteiger partial charge in [-0.3, -0.25) is 4.68 Å². The second-order valence-corrected chi connectivity index (χ2v) is 5.88. The number of hydrogen-bond acceptors (Lipinski definition) is 3. The Labute approximate surface area is 115 Å². The van der Waals surface area contributed by atoms with Gasteiger partial charge in [-0.25, -0.2) is 0 Å². The van der Waals surface area contributed by atoms with Gasteiger partial charge in [0.25, 0.3) is 0 Å². The number of aliphatic hydroxyl groups is 1. The minimum Gasteiger partial charge on any atom is -0.390 e. The molecule has 1 aliphatic heterocycles. The highest BCUT2D eigenvalue weighted by molar-refractivity contribution is 5.04. The molecule has 19 heavy (non-hydrogen) atoms. The van der Waals surface area contributed by atoms with Crippen LogP contribution in [-0.2, 0) is 11.2 Å². The fraction of sp³-hybridized carbons (Fsp3) is 0.800. The minimum absolute atomic E-state index is 0.404. The summed E-state index contributed by atoms with van der Waals surface area (Å²) in [6.07, 6.45) is 6.32. The first-order valence-corrected chi connectivity index (χ1v) is 7.41. The predicted molar refractivity (Wildman–Crippen MR) is 75.1 cm³/mol. The van der Waals surface area contributed by atoms with Gasteiger partial charge in [-0.15, -0.1) is 0 Å². The van der Waals surface area contributed by atoms with Crippen LogP contribution in [0.5, 0.6) is 0 Å². The maximum absolute atomic E-state index is 10.4. The molecule has 0 aromatic carbocycles. The summed E-state index contributed by atoms with van der Waals surface area (Å²) in [5, 5.41) is 15.0. The van der Waals surface area contributed by atoms with Crippen LogP contribution in [0.15, 0.2) is 12.3 Å². The first-order chi connectivity index (χ1) is 9.05. The van der Waals surface area contributed by atoms with Crippen LogP contribution in [0, 0.1) is 0 Å². The zero-order chi connectivity index (χ0) is 13.9. The summed E-state index contributed by atoms with van der Waals surface area (Å²) in [4.78, 5) is 0. The molecule has 0 saturated carbocycles. The highest BCUT2D eigenvalue weighted by atomic mass is 16.5. The smallest absolute Gasteiger partial charge is 0.0916 e. The predicted octanol–water partition coefficient (Wildman–Crippen LogP) is 2.72. The average molecular weight is 266 g/mol. The number of aromatic nitrogens is 2. The Balaban J connectivity index is 1.98. The van der Waals surface area contributed by atoms with Gasteiger partial charge in [0.05, 0.1) is 17.4 Å². The van der Waals surface area contributed by atoms with Gasteiger partial charge in [-0.1, -0.05) is 6.92 Å². The average Bonchev–Trinajstić information content (AvgIpc) is 2.87. The SMILES string of the molecule is CCC(C)n1ccc(CC(O)C2(C)CCCCO2)n1. The Bertz CT molecular complexity index is 397. The maximum Gasteiger partial charge on any atom is 0.0916 e. The van der Waals surface area contributed by atoms with Crippen molar-refractivity contribution in [2.24, 2.45) is 0 Å². The Morgan fingerprint density at radius 3 is 2.95 bits per heavy atom. The van der Waals surface area contributed by atoms with E-state index in [9.17, 15) is 5.11 Å². The summed E-state index contributed by atoms with van der Waals surface area (Å²) in [5.74, 6) is 0. The van der Waals surface area contributed by atoms with Crippen molar-refractivity contribution in [3.8, 4) is 0 Å². The molecule has 108 valence electrons. The van der Waals surface area contributed by atoms with Crippen LogP contribution >= 0.6 is 0 Å². The van der Waals surface area contributed by atoms with Crippen molar-refractivity contribution in [3.05, 3.63) is 18.0 Å². The lowest BCUT2D eigenvalue weighted by Gasteiger charge is -2.37. The summed E-state index contributed by atoms with van der Waals surface area (Å²) in [7, 11) is 0. The Morgan fingerprint density at radius 1 is 1.53 bits per heavy atom. The normalized spacial score (nSPS) is 27.2. The lowest BCUT2D eigenvalue weighted by molar-refractivity contribution is -0.135. The molecule has 1 aliphatic rings. The van der Waals surface area contributed by atoms with Crippen LogP contribution < -0.4 is 0 Å². The van der Waals surface area contributed by atoms with Crippen LogP contribution in [0.4, 0.5) is 0 Å². The fourth-order valence-corrected chi connectivity index (χ4v) is 2.55. The monoisotopic (exact) mass is 266 g/mol. The molecule has 1 N–H and O–H groups in total. The van der Waals surface area contributed by atoms with Gasteiger partial charge in [0.2, 0.25) is 0 Å². The molecule has 1 aromatic rings. The standard InChI is InChI=1S/C15H26N2O2/c1-4-12(2)17-9-7-13(16-17)11-14(18)15(3)8-5-6-10-19-15/h7,9,12,14,18H,4-6,8,10-11H2,1-3H3. The summed E-state index contributed by atoms with van der Waals surface area (Å²) >= 11 is 0. The van der Waals surface area contributed by atoms with E-state index in [1.165, 1.54) is 0 Å². The van der Waals surface area contributed by atoms with Gasteiger partial charge in [0.1, 0.15) is 0 Å². The van der Waals surface area contributed by atoms with E-state index >= 15 is 0 Å². The zero-order valence-corrected chi connectivity index (χ0v) is 12.3. The number of rotatable bonds is 5. The zero-order valence-electron chi connectivity index (χ0n) is 12.3. The molecule has 2 rings (SSSR count).